The van der Waals surface area contributed by atoms with Crippen LogP contribution < -0.4 is 10.2 Å². The molecule has 7 heteroatoms. The zero-order valence-electron chi connectivity index (χ0n) is 16.0. The molecule has 4 rings (SSSR count). The number of anilines is 2. The Morgan fingerprint density at radius 1 is 1.14 bits per heavy atom. The summed E-state index contributed by atoms with van der Waals surface area (Å²) >= 11 is 0. The fourth-order valence-electron chi connectivity index (χ4n) is 3.57. The summed E-state index contributed by atoms with van der Waals surface area (Å²) in [5, 5.41) is 12.4. The third-order valence-corrected chi connectivity index (χ3v) is 5.00. The van der Waals surface area contributed by atoms with Crippen molar-refractivity contribution < 1.29 is 9.59 Å². The first-order valence-corrected chi connectivity index (χ1v) is 9.53. The molecule has 144 valence electrons. The van der Waals surface area contributed by atoms with Gasteiger partial charge >= 0.3 is 6.03 Å². The summed E-state index contributed by atoms with van der Waals surface area (Å²) < 4.78 is 0. The molecule has 0 radical (unpaired) electrons. The van der Waals surface area contributed by atoms with E-state index in [-0.39, 0.29) is 11.9 Å². The van der Waals surface area contributed by atoms with E-state index in [4.69, 9.17) is 0 Å². The van der Waals surface area contributed by atoms with E-state index in [9.17, 15) is 9.59 Å². The van der Waals surface area contributed by atoms with Gasteiger partial charge in [0.1, 0.15) is 0 Å². The number of H-pyrrole nitrogens is 1. The minimum absolute atomic E-state index is 0.0407. The van der Waals surface area contributed by atoms with E-state index in [1.54, 1.807) is 9.80 Å². The molecule has 0 bridgehead atoms. The van der Waals surface area contributed by atoms with Gasteiger partial charge in [-0.2, -0.15) is 5.10 Å². The number of nitrogens with zero attached hydrogens (tertiary/aromatic N) is 3. The minimum Gasteiger partial charge on any atom is -0.338 e. The molecule has 3 amide bonds. The highest BCUT2D eigenvalue weighted by atomic mass is 16.2. The largest absolute Gasteiger partial charge is 0.338 e. The second-order valence-corrected chi connectivity index (χ2v) is 6.81. The first-order valence-electron chi connectivity index (χ1n) is 9.53. The van der Waals surface area contributed by atoms with Gasteiger partial charge in [-0.25, -0.2) is 4.79 Å². The maximum absolute atomic E-state index is 12.8. The van der Waals surface area contributed by atoms with Crippen LogP contribution in [0.4, 0.5) is 16.3 Å². The molecule has 0 unspecified atom stereocenters. The SMILES string of the molecule is CCNC(=O)N1Cc2[nH]nc(N(C(=O)CC)c3ccc4ccccc4c3)c2C1. The van der Waals surface area contributed by atoms with E-state index < -0.39 is 0 Å². The number of carbonyl (C=O) groups is 2. The second kappa shape index (κ2) is 7.34. The third kappa shape index (κ3) is 3.09. The summed E-state index contributed by atoms with van der Waals surface area (Å²) in [4.78, 5) is 28.4. The lowest BCUT2D eigenvalue weighted by Crippen LogP contribution is -2.36. The number of amides is 3. The smallest absolute Gasteiger partial charge is 0.318 e. The number of carbonyl (C=O) groups excluding carboxylic acids is 2. The normalized spacial score (nSPS) is 12.9. The monoisotopic (exact) mass is 377 g/mol. The highest BCUT2D eigenvalue weighted by Crippen LogP contribution is 2.35. The molecule has 7 nitrogen and oxygen atoms in total. The molecule has 28 heavy (non-hydrogen) atoms. The van der Waals surface area contributed by atoms with Gasteiger partial charge in [-0.05, 0) is 29.8 Å². The predicted molar refractivity (Wildman–Crippen MR) is 108 cm³/mol. The first-order chi connectivity index (χ1) is 13.6. The van der Waals surface area contributed by atoms with Gasteiger partial charge in [-0.3, -0.25) is 14.8 Å². The first kappa shape index (κ1) is 18.0. The van der Waals surface area contributed by atoms with Crippen molar-refractivity contribution in [2.45, 2.75) is 33.4 Å². The number of aromatic nitrogens is 2. The molecule has 3 aromatic rings. The lowest BCUT2D eigenvalue weighted by Gasteiger charge is -2.22. The molecule has 2 N–H and O–H groups in total. The Bertz CT molecular complexity index is 1040. The number of nitrogens with one attached hydrogen (secondary N) is 2. The Morgan fingerprint density at radius 2 is 1.93 bits per heavy atom. The highest BCUT2D eigenvalue weighted by Gasteiger charge is 2.32. The van der Waals surface area contributed by atoms with Crippen LogP contribution in [0.15, 0.2) is 42.5 Å². The zero-order valence-corrected chi connectivity index (χ0v) is 16.0. The molecular formula is C21H23N5O2. The molecule has 0 spiro atoms. The topological polar surface area (TPSA) is 81.3 Å². The van der Waals surface area contributed by atoms with Crippen molar-refractivity contribution in [3.8, 4) is 0 Å². The lowest BCUT2D eigenvalue weighted by atomic mass is 10.1. The van der Waals surface area contributed by atoms with Gasteiger partial charge in [0.15, 0.2) is 5.82 Å². The number of rotatable bonds is 4. The van der Waals surface area contributed by atoms with Crippen LogP contribution in [-0.2, 0) is 17.9 Å². The van der Waals surface area contributed by atoms with Crippen LogP contribution in [0, 0.1) is 0 Å². The van der Waals surface area contributed by atoms with Gasteiger partial charge in [0.25, 0.3) is 0 Å². The van der Waals surface area contributed by atoms with Crippen molar-refractivity contribution in [3.05, 3.63) is 53.7 Å². The Hall–Kier alpha value is -3.35. The van der Waals surface area contributed by atoms with E-state index >= 15 is 0 Å². The van der Waals surface area contributed by atoms with Crippen molar-refractivity contribution >= 4 is 34.2 Å². The molecular weight excluding hydrogens is 354 g/mol. The Balaban J connectivity index is 1.73. The van der Waals surface area contributed by atoms with Crippen LogP contribution in [0.25, 0.3) is 10.8 Å². The van der Waals surface area contributed by atoms with E-state index in [1.165, 1.54) is 0 Å². The van der Waals surface area contributed by atoms with Crippen LogP contribution in [0.5, 0.6) is 0 Å². The van der Waals surface area contributed by atoms with Gasteiger partial charge in [-0.15, -0.1) is 0 Å². The molecule has 0 saturated carbocycles. The van der Waals surface area contributed by atoms with Gasteiger partial charge in [0.2, 0.25) is 5.91 Å². The quantitative estimate of drug-likeness (QED) is 0.728. The fraction of sp³-hybridized carbons (Fsp3) is 0.286. The number of hydrogen-bond acceptors (Lipinski definition) is 3. The molecule has 0 aliphatic carbocycles. The predicted octanol–water partition coefficient (Wildman–Crippen LogP) is 3.68. The zero-order chi connectivity index (χ0) is 19.7. The molecule has 1 aromatic heterocycles. The standard InChI is InChI=1S/C21H23N5O2/c1-3-19(27)26(16-10-9-14-7-5-6-8-15(14)11-16)20-17-12-25(21(28)22-4-2)13-18(17)23-24-20/h5-11H,3-4,12-13H2,1-2H3,(H,22,28)(H,23,24). The van der Waals surface area contributed by atoms with Crippen LogP contribution >= 0.6 is 0 Å². The van der Waals surface area contributed by atoms with Crippen molar-refractivity contribution in [1.29, 1.82) is 0 Å². The number of hydrogen-bond donors (Lipinski definition) is 2. The maximum Gasteiger partial charge on any atom is 0.318 e. The maximum atomic E-state index is 12.8. The van der Waals surface area contributed by atoms with E-state index in [0.717, 1.165) is 27.7 Å². The average Bonchev–Trinajstić information content (AvgIpc) is 3.30. The summed E-state index contributed by atoms with van der Waals surface area (Å²) in [5.74, 6) is 0.532. The number of aromatic amines is 1. The van der Waals surface area contributed by atoms with Crippen LogP contribution in [-0.4, -0.2) is 33.6 Å². The lowest BCUT2D eigenvalue weighted by molar-refractivity contribution is -0.117. The fourth-order valence-corrected chi connectivity index (χ4v) is 3.57. The van der Waals surface area contributed by atoms with Crippen LogP contribution in [0.1, 0.15) is 31.5 Å². The van der Waals surface area contributed by atoms with Gasteiger partial charge in [-0.1, -0.05) is 37.3 Å². The molecule has 1 aliphatic rings. The summed E-state index contributed by atoms with van der Waals surface area (Å²) in [6.45, 7) is 5.19. The Kier molecular flexibility index (Phi) is 4.73. The van der Waals surface area contributed by atoms with Crippen molar-refractivity contribution in [2.75, 3.05) is 11.4 Å². The van der Waals surface area contributed by atoms with E-state index in [2.05, 4.69) is 15.5 Å². The summed E-state index contributed by atoms with van der Waals surface area (Å²) in [5.41, 5.74) is 2.54. The molecule has 1 aliphatic heterocycles. The Labute approximate surface area is 163 Å². The minimum atomic E-state index is -0.114. The third-order valence-electron chi connectivity index (χ3n) is 5.00. The van der Waals surface area contributed by atoms with Gasteiger partial charge in [0, 0.05) is 18.5 Å². The van der Waals surface area contributed by atoms with Crippen LogP contribution in [0.3, 0.4) is 0 Å². The number of urea groups is 1. The summed E-state index contributed by atoms with van der Waals surface area (Å²) in [6.07, 6.45) is 0.356. The molecule has 0 saturated heterocycles. The molecule has 0 fully saturated rings. The van der Waals surface area contributed by atoms with Crippen molar-refractivity contribution in [3.63, 3.8) is 0 Å². The highest BCUT2D eigenvalue weighted by molar-refractivity contribution is 6.02. The summed E-state index contributed by atoms with van der Waals surface area (Å²) in [6, 6.07) is 13.9. The Morgan fingerprint density at radius 3 is 2.68 bits per heavy atom. The van der Waals surface area contributed by atoms with Crippen molar-refractivity contribution in [2.24, 2.45) is 0 Å². The van der Waals surface area contributed by atoms with Gasteiger partial charge in [0.05, 0.1) is 24.5 Å². The molecule has 2 aromatic carbocycles. The van der Waals surface area contributed by atoms with E-state index in [0.29, 0.717) is 31.9 Å². The van der Waals surface area contributed by atoms with Gasteiger partial charge < -0.3 is 10.2 Å². The van der Waals surface area contributed by atoms with Crippen molar-refractivity contribution in [1.82, 2.24) is 20.4 Å². The molecule has 2 heterocycles. The second-order valence-electron chi connectivity index (χ2n) is 6.81. The van der Waals surface area contributed by atoms with E-state index in [1.807, 2.05) is 56.3 Å². The number of fused-ring (bicyclic) bond motifs is 2. The molecule has 0 atom stereocenters. The van der Waals surface area contributed by atoms with Crippen LogP contribution in [0.2, 0.25) is 0 Å². The number of benzene rings is 2. The summed E-state index contributed by atoms with van der Waals surface area (Å²) in [7, 11) is 0. The average molecular weight is 377 g/mol.